The van der Waals surface area contributed by atoms with Gasteiger partial charge in [-0.05, 0) is 6.07 Å². The molecule has 0 aliphatic heterocycles. The average molecular weight is 229 g/mol. The second-order valence-corrected chi connectivity index (χ2v) is 2.98. The van der Waals surface area contributed by atoms with Crippen LogP contribution in [0.2, 0.25) is 0 Å². The standard InChI is InChI=1S/C9H8FNO5/c10-5-2-11-6(1-4(5)3-12)7(13)8(14)9(15)16/h1-3,7-8,13-14H,(H,15,16). The maximum absolute atomic E-state index is 12.8. The van der Waals surface area contributed by atoms with Gasteiger partial charge in [-0.3, -0.25) is 9.78 Å². The molecule has 0 amide bonds. The summed E-state index contributed by atoms with van der Waals surface area (Å²) in [5, 5.41) is 26.8. The molecule has 1 aromatic heterocycles. The van der Waals surface area contributed by atoms with Crippen LogP contribution in [0.25, 0.3) is 0 Å². The van der Waals surface area contributed by atoms with E-state index in [0.717, 1.165) is 6.07 Å². The molecule has 2 atom stereocenters. The maximum atomic E-state index is 12.8. The van der Waals surface area contributed by atoms with Crippen LogP contribution in [0.1, 0.15) is 22.2 Å². The van der Waals surface area contributed by atoms with Crippen LogP contribution >= 0.6 is 0 Å². The number of aldehydes is 1. The Kier molecular flexibility index (Phi) is 3.64. The number of rotatable bonds is 4. The Morgan fingerprint density at radius 1 is 1.50 bits per heavy atom. The molecule has 0 aliphatic rings. The van der Waals surface area contributed by atoms with Crippen molar-refractivity contribution in [3.63, 3.8) is 0 Å². The maximum Gasteiger partial charge on any atom is 0.335 e. The number of carbonyl (C=O) groups excluding carboxylic acids is 1. The smallest absolute Gasteiger partial charge is 0.335 e. The Labute approximate surface area is 89.0 Å². The highest BCUT2D eigenvalue weighted by molar-refractivity contribution is 5.76. The number of aliphatic hydroxyl groups is 2. The summed E-state index contributed by atoms with van der Waals surface area (Å²) in [6.07, 6.45) is -3.05. The van der Waals surface area contributed by atoms with Crippen LogP contribution in [0.4, 0.5) is 4.39 Å². The van der Waals surface area contributed by atoms with Crippen molar-refractivity contribution >= 4 is 12.3 Å². The third-order valence-corrected chi connectivity index (χ3v) is 1.89. The first-order valence-corrected chi connectivity index (χ1v) is 4.17. The van der Waals surface area contributed by atoms with Crippen molar-refractivity contribution in [3.8, 4) is 0 Å². The molecule has 0 saturated carbocycles. The molecule has 6 nitrogen and oxygen atoms in total. The normalized spacial score (nSPS) is 14.2. The van der Waals surface area contributed by atoms with Crippen molar-refractivity contribution in [1.82, 2.24) is 4.98 Å². The van der Waals surface area contributed by atoms with Gasteiger partial charge in [0, 0.05) is 0 Å². The van der Waals surface area contributed by atoms with Crippen molar-refractivity contribution < 1.29 is 29.3 Å². The van der Waals surface area contributed by atoms with Gasteiger partial charge in [-0.25, -0.2) is 9.18 Å². The lowest BCUT2D eigenvalue weighted by Crippen LogP contribution is -2.28. The highest BCUT2D eigenvalue weighted by Gasteiger charge is 2.26. The molecule has 16 heavy (non-hydrogen) atoms. The van der Waals surface area contributed by atoms with Crippen molar-refractivity contribution in [3.05, 3.63) is 29.3 Å². The number of nitrogens with zero attached hydrogens (tertiary/aromatic N) is 1. The fourth-order valence-corrected chi connectivity index (χ4v) is 1.02. The van der Waals surface area contributed by atoms with E-state index in [1.165, 1.54) is 0 Å². The fraction of sp³-hybridized carbons (Fsp3) is 0.222. The van der Waals surface area contributed by atoms with Crippen LogP contribution < -0.4 is 0 Å². The van der Waals surface area contributed by atoms with E-state index in [4.69, 9.17) is 10.2 Å². The second-order valence-electron chi connectivity index (χ2n) is 2.98. The topological polar surface area (TPSA) is 108 Å². The highest BCUT2D eigenvalue weighted by atomic mass is 19.1. The van der Waals surface area contributed by atoms with Gasteiger partial charge < -0.3 is 15.3 Å². The predicted octanol–water partition coefficient (Wildman–Crippen LogP) is -0.488. The largest absolute Gasteiger partial charge is 0.479 e. The molecule has 0 bridgehead atoms. The molecule has 3 N–H and O–H groups in total. The van der Waals surface area contributed by atoms with Crippen molar-refractivity contribution in [1.29, 1.82) is 0 Å². The summed E-state index contributed by atoms with van der Waals surface area (Å²) in [6, 6.07) is 0.874. The van der Waals surface area contributed by atoms with Gasteiger partial charge in [-0.1, -0.05) is 0 Å². The first kappa shape index (κ1) is 12.2. The van der Waals surface area contributed by atoms with E-state index in [0.29, 0.717) is 6.20 Å². The summed E-state index contributed by atoms with van der Waals surface area (Å²) >= 11 is 0. The van der Waals surface area contributed by atoms with E-state index in [1.54, 1.807) is 0 Å². The Morgan fingerprint density at radius 2 is 2.12 bits per heavy atom. The second kappa shape index (κ2) is 4.77. The van der Waals surface area contributed by atoms with Crippen LogP contribution in [0.15, 0.2) is 12.3 Å². The Morgan fingerprint density at radius 3 is 2.62 bits per heavy atom. The summed E-state index contributed by atoms with van der Waals surface area (Å²) in [7, 11) is 0. The number of carbonyl (C=O) groups is 2. The van der Waals surface area contributed by atoms with Gasteiger partial charge >= 0.3 is 5.97 Å². The Bertz CT molecular complexity index is 422. The number of hydrogen-bond acceptors (Lipinski definition) is 5. The molecule has 0 spiro atoms. The molecule has 0 aromatic carbocycles. The molecule has 1 rings (SSSR count). The molecule has 0 fully saturated rings. The Balaban J connectivity index is 3.05. The van der Waals surface area contributed by atoms with Gasteiger partial charge in [0.05, 0.1) is 17.5 Å². The lowest BCUT2D eigenvalue weighted by atomic mass is 10.1. The van der Waals surface area contributed by atoms with E-state index in [9.17, 15) is 19.1 Å². The van der Waals surface area contributed by atoms with Crippen molar-refractivity contribution in [2.75, 3.05) is 0 Å². The minimum atomic E-state index is -2.09. The van der Waals surface area contributed by atoms with Crippen molar-refractivity contribution in [2.24, 2.45) is 0 Å². The number of aliphatic carboxylic acids is 1. The van der Waals surface area contributed by atoms with E-state index in [-0.39, 0.29) is 17.5 Å². The average Bonchev–Trinajstić information content (AvgIpc) is 2.27. The van der Waals surface area contributed by atoms with Crippen LogP contribution in [-0.2, 0) is 4.79 Å². The van der Waals surface area contributed by atoms with Gasteiger partial charge in [0.1, 0.15) is 6.10 Å². The van der Waals surface area contributed by atoms with Gasteiger partial charge in [-0.2, -0.15) is 0 Å². The van der Waals surface area contributed by atoms with Gasteiger partial charge in [0.15, 0.2) is 18.2 Å². The monoisotopic (exact) mass is 229 g/mol. The van der Waals surface area contributed by atoms with Gasteiger partial charge in [0.25, 0.3) is 0 Å². The SMILES string of the molecule is O=Cc1cc(C(O)C(O)C(=O)O)ncc1F. The van der Waals surface area contributed by atoms with E-state index in [2.05, 4.69) is 4.98 Å². The summed E-state index contributed by atoms with van der Waals surface area (Å²) in [5.74, 6) is -2.54. The predicted molar refractivity (Wildman–Crippen MR) is 48.2 cm³/mol. The van der Waals surface area contributed by atoms with E-state index >= 15 is 0 Å². The first-order chi connectivity index (χ1) is 7.47. The summed E-state index contributed by atoms with van der Waals surface area (Å²) in [6.45, 7) is 0. The zero-order chi connectivity index (χ0) is 12.3. The van der Waals surface area contributed by atoms with Gasteiger partial charge in [-0.15, -0.1) is 0 Å². The van der Waals surface area contributed by atoms with Crippen molar-refractivity contribution in [2.45, 2.75) is 12.2 Å². The van der Waals surface area contributed by atoms with Crippen LogP contribution in [-0.4, -0.2) is 38.7 Å². The van der Waals surface area contributed by atoms with Crippen LogP contribution in [0, 0.1) is 5.82 Å². The molecule has 1 aromatic rings. The molecule has 7 heteroatoms. The molecule has 1 heterocycles. The lowest BCUT2D eigenvalue weighted by Gasteiger charge is -2.13. The third kappa shape index (κ3) is 2.38. The highest BCUT2D eigenvalue weighted by Crippen LogP contribution is 2.16. The minimum absolute atomic E-state index is 0.195. The van der Waals surface area contributed by atoms with Crippen LogP contribution in [0.3, 0.4) is 0 Å². The molecule has 0 saturated heterocycles. The number of aliphatic hydroxyl groups excluding tert-OH is 2. The van der Waals surface area contributed by atoms with E-state index in [1.807, 2.05) is 0 Å². The summed E-state index contributed by atoms with van der Waals surface area (Å²) < 4.78 is 12.8. The quantitative estimate of drug-likeness (QED) is 0.601. The molecular weight excluding hydrogens is 221 g/mol. The zero-order valence-electron chi connectivity index (χ0n) is 7.87. The number of carboxylic acid groups (broad SMARTS) is 1. The number of aromatic nitrogens is 1. The number of carboxylic acids is 1. The van der Waals surface area contributed by atoms with E-state index < -0.39 is 24.0 Å². The van der Waals surface area contributed by atoms with Crippen LogP contribution in [0.5, 0.6) is 0 Å². The molecule has 2 unspecified atom stereocenters. The summed E-state index contributed by atoms with van der Waals surface area (Å²) in [5.41, 5.74) is -0.667. The van der Waals surface area contributed by atoms with Gasteiger partial charge in [0.2, 0.25) is 0 Å². The molecular formula is C9H8FNO5. The number of hydrogen-bond donors (Lipinski definition) is 3. The molecule has 0 aliphatic carbocycles. The molecule has 0 radical (unpaired) electrons. The Hall–Kier alpha value is -1.86. The third-order valence-electron chi connectivity index (χ3n) is 1.89. The molecule has 86 valence electrons. The first-order valence-electron chi connectivity index (χ1n) is 4.17. The summed E-state index contributed by atoms with van der Waals surface area (Å²) in [4.78, 5) is 24.1. The zero-order valence-corrected chi connectivity index (χ0v) is 7.87. The number of pyridine rings is 1. The number of halogens is 1. The minimum Gasteiger partial charge on any atom is -0.479 e. The fourth-order valence-electron chi connectivity index (χ4n) is 1.02. The lowest BCUT2D eigenvalue weighted by molar-refractivity contribution is -0.153.